The Morgan fingerprint density at radius 1 is 1.32 bits per heavy atom. The Morgan fingerprint density at radius 2 is 2.05 bits per heavy atom. The molecule has 1 aromatic rings. The predicted octanol–water partition coefficient (Wildman–Crippen LogP) is 2.96. The number of nitrogens with one attached hydrogen (secondary N) is 1. The van der Waals surface area contributed by atoms with Crippen molar-refractivity contribution >= 4 is 5.82 Å². The van der Waals surface area contributed by atoms with E-state index >= 15 is 0 Å². The minimum Gasteiger partial charge on any atom is -0.357 e. The van der Waals surface area contributed by atoms with Crippen molar-refractivity contribution in [2.75, 3.05) is 18.0 Å². The summed E-state index contributed by atoms with van der Waals surface area (Å²) in [5.41, 5.74) is 1.86. The number of anilines is 1. The Kier molecular flexibility index (Phi) is 3.48. The van der Waals surface area contributed by atoms with Gasteiger partial charge in [-0.1, -0.05) is 13.8 Å². The molecule has 3 nitrogen and oxygen atoms in total. The lowest BCUT2D eigenvalue weighted by Gasteiger charge is -2.37. The third-order valence-corrected chi connectivity index (χ3v) is 4.42. The lowest BCUT2D eigenvalue weighted by Crippen LogP contribution is -2.37. The van der Waals surface area contributed by atoms with Gasteiger partial charge in [-0.25, -0.2) is 4.98 Å². The number of rotatable bonds is 4. The van der Waals surface area contributed by atoms with Crippen LogP contribution < -0.4 is 10.2 Å². The first-order valence-corrected chi connectivity index (χ1v) is 7.56. The lowest BCUT2D eigenvalue weighted by atomic mass is 9.83. The molecule has 0 amide bonds. The molecular formula is C16H25N3. The molecule has 0 spiro atoms. The molecule has 1 N–H and O–H groups in total. The molecule has 0 aromatic carbocycles. The second-order valence-corrected chi connectivity index (χ2v) is 6.83. The first kappa shape index (κ1) is 12.9. The van der Waals surface area contributed by atoms with E-state index in [9.17, 15) is 0 Å². The molecule has 1 aromatic heterocycles. The molecule has 104 valence electrons. The van der Waals surface area contributed by atoms with Crippen LogP contribution in [0, 0.1) is 5.41 Å². The van der Waals surface area contributed by atoms with Gasteiger partial charge in [-0.3, -0.25) is 0 Å². The summed E-state index contributed by atoms with van der Waals surface area (Å²) in [5.74, 6) is 1.16. The molecule has 3 heteroatoms. The molecule has 0 atom stereocenters. The Morgan fingerprint density at radius 3 is 2.74 bits per heavy atom. The van der Waals surface area contributed by atoms with E-state index in [2.05, 4.69) is 41.2 Å². The van der Waals surface area contributed by atoms with Crippen LogP contribution >= 0.6 is 0 Å². The van der Waals surface area contributed by atoms with Crippen molar-refractivity contribution in [2.24, 2.45) is 5.41 Å². The van der Waals surface area contributed by atoms with Crippen LogP contribution in [0.1, 0.15) is 45.1 Å². The Hall–Kier alpha value is -1.09. The average Bonchev–Trinajstić information content (AvgIpc) is 3.21. The summed E-state index contributed by atoms with van der Waals surface area (Å²) in [6.45, 7) is 8.00. The topological polar surface area (TPSA) is 28.2 Å². The van der Waals surface area contributed by atoms with Crippen molar-refractivity contribution in [3.63, 3.8) is 0 Å². The smallest absolute Gasteiger partial charge is 0.128 e. The van der Waals surface area contributed by atoms with E-state index < -0.39 is 0 Å². The molecule has 1 saturated carbocycles. The maximum Gasteiger partial charge on any atom is 0.128 e. The molecule has 1 aliphatic carbocycles. The van der Waals surface area contributed by atoms with Crippen LogP contribution in [0.5, 0.6) is 0 Å². The Labute approximate surface area is 116 Å². The number of piperidine rings is 1. The zero-order valence-electron chi connectivity index (χ0n) is 12.2. The fourth-order valence-corrected chi connectivity index (χ4v) is 2.63. The van der Waals surface area contributed by atoms with Crippen LogP contribution in [0.25, 0.3) is 0 Å². The molecule has 2 fully saturated rings. The van der Waals surface area contributed by atoms with E-state index in [0.717, 1.165) is 31.5 Å². The normalized spacial score (nSPS) is 22.5. The van der Waals surface area contributed by atoms with Crippen LogP contribution in [0.15, 0.2) is 18.3 Å². The van der Waals surface area contributed by atoms with Gasteiger partial charge in [0.05, 0.1) is 0 Å². The van der Waals surface area contributed by atoms with E-state index in [1.54, 1.807) is 0 Å². The van der Waals surface area contributed by atoms with Gasteiger partial charge in [0.15, 0.2) is 0 Å². The Bertz CT molecular complexity index is 427. The van der Waals surface area contributed by atoms with Crippen LogP contribution in [0.4, 0.5) is 5.82 Å². The Balaban J connectivity index is 1.62. The van der Waals surface area contributed by atoms with Gasteiger partial charge in [0.1, 0.15) is 5.82 Å². The van der Waals surface area contributed by atoms with Crippen molar-refractivity contribution in [1.29, 1.82) is 0 Å². The highest BCUT2D eigenvalue weighted by molar-refractivity contribution is 5.41. The maximum absolute atomic E-state index is 4.55. The highest BCUT2D eigenvalue weighted by Gasteiger charge is 2.26. The lowest BCUT2D eigenvalue weighted by molar-refractivity contribution is 0.279. The van der Waals surface area contributed by atoms with E-state index in [1.807, 2.05) is 6.20 Å². The monoisotopic (exact) mass is 259 g/mol. The SMILES string of the molecule is CC1(C)CCN(c2cc(CNC3CC3)ccn2)CC1. The maximum atomic E-state index is 4.55. The predicted molar refractivity (Wildman–Crippen MR) is 79.3 cm³/mol. The van der Waals surface area contributed by atoms with Crippen molar-refractivity contribution in [2.45, 2.75) is 52.1 Å². The number of aromatic nitrogens is 1. The zero-order valence-corrected chi connectivity index (χ0v) is 12.2. The fourth-order valence-electron chi connectivity index (χ4n) is 2.63. The van der Waals surface area contributed by atoms with E-state index in [0.29, 0.717) is 5.41 Å². The molecule has 19 heavy (non-hydrogen) atoms. The van der Waals surface area contributed by atoms with Gasteiger partial charge in [0.25, 0.3) is 0 Å². The first-order valence-electron chi connectivity index (χ1n) is 7.56. The zero-order chi connectivity index (χ0) is 13.3. The summed E-state index contributed by atoms with van der Waals surface area (Å²) in [6, 6.07) is 5.16. The molecule has 1 saturated heterocycles. The van der Waals surface area contributed by atoms with Gasteiger partial charge < -0.3 is 10.2 Å². The molecular weight excluding hydrogens is 234 g/mol. The average molecular weight is 259 g/mol. The minimum atomic E-state index is 0.502. The quantitative estimate of drug-likeness (QED) is 0.901. The molecule has 0 radical (unpaired) electrons. The summed E-state index contributed by atoms with van der Waals surface area (Å²) in [5, 5.41) is 3.57. The summed E-state index contributed by atoms with van der Waals surface area (Å²) in [4.78, 5) is 6.99. The van der Waals surface area contributed by atoms with Crippen molar-refractivity contribution in [1.82, 2.24) is 10.3 Å². The molecule has 3 rings (SSSR count). The highest BCUT2D eigenvalue weighted by atomic mass is 15.2. The van der Waals surface area contributed by atoms with Gasteiger partial charge in [0, 0.05) is 31.9 Å². The van der Waals surface area contributed by atoms with Gasteiger partial charge in [-0.2, -0.15) is 0 Å². The second kappa shape index (κ2) is 5.12. The van der Waals surface area contributed by atoms with Crippen LogP contribution in [0.2, 0.25) is 0 Å². The van der Waals surface area contributed by atoms with Gasteiger partial charge >= 0.3 is 0 Å². The third kappa shape index (κ3) is 3.47. The molecule has 0 bridgehead atoms. The number of nitrogens with zero attached hydrogens (tertiary/aromatic N) is 2. The first-order chi connectivity index (χ1) is 9.12. The molecule has 0 unspecified atom stereocenters. The number of hydrogen-bond acceptors (Lipinski definition) is 3. The standard InChI is InChI=1S/C16H25N3/c1-16(2)6-9-19(10-7-16)15-11-13(5-8-17-15)12-18-14-3-4-14/h5,8,11,14,18H,3-4,6-7,9-10,12H2,1-2H3. The molecule has 1 aliphatic heterocycles. The third-order valence-electron chi connectivity index (χ3n) is 4.42. The van der Waals surface area contributed by atoms with E-state index in [4.69, 9.17) is 0 Å². The van der Waals surface area contributed by atoms with Crippen LogP contribution in [-0.2, 0) is 6.54 Å². The summed E-state index contributed by atoms with van der Waals surface area (Å²) >= 11 is 0. The molecule has 2 heterocycles. The summed E-state index contributed by atoms with van der Waals surface area (Å²) in [6.07, 6.45) is 7.18. The number of hydrogen-bond donors (Lipinski definition) is 1. The second-order valence-electron chi connectivity index (χ2n) is 6.83. The van der Waals surface area contributed by atoms with Crippen LogP contribution in [-0.4, -0.2) is 24.1 Å². The van der Waals surface area contributed by atoms with Gasteiger partial charge in [-0.15, -0.1) is 0 Å². The number of pyridine rings is 1. The largest absolute Gasteiger partial charge is 0.357 e. The van der Waals surface area contributed by atoms with E-state index in [-0.39, 0.29) is 0 Å². The highest BCUT2D eigenvalue weighted by Crippen LogP contribution is 2.31. The van der Waals surface area contributed by atoms with Gasteiger partial charge in [-0.05, 0) is 48.8 Å². The summed E-state index contributed by atoms with van der Waals surface area (Å²) in [7, 11) is 0. The van der Waals surface area contributed by atoms with Crippen molar-refractivity contribution < 1.29 is 0 Å². The van der Waals surface area contributed by atoms with Crippen molar-refractivity contribution in [3.8, 4) is 0 Å². The van der Waals surface area contributed by atoms with E-state index in [1.165, 1.54) is 31.2 Å². The minimum absolute atomic E-state index is 0.502. The summed E-state index contributed by atoms with van der Waals surface area (Å²) < 4.78 is 0. The van der Waals surface area contributed by atoms with Crippen molar-refractivity contribution in [3.05, 3.63) is 23.9 Å². The van der Waals surface area contributed by atoms with Gasteiger partial charge in [0.2, 0.25) is 0 Å². The fraction of sp³-hybridized carbons (Fsp3) is 0.688. The van der Waals surface area contributed by atoms with Crippen LogP contribution in [0.3, 0.4) is 0 Å². The molecule has 2 aliphatic rings.